The summed E-state index contributed by atoms with van der Waals surface area (Å²) < 4.78 is 5.32. The van der Waals surface area contributed by atoms with Gasteiger partial charge in [0, 0.05) is 12.1 Å². The Bertz CT molecular complexity index is 786. The Morgan fingerprint density at radius 2 is 1.73 bits per heavy atom. The van der Waals surface area contributed by atoms with Crippen LogP contribution in [-0.4, -0.2) is 40.7 Å². The van der Waals surface area contributed by atoms with Crippen molar-refractivity contribution in [2.75, 3.05) is 11.9 Å². The zero-order valence-corrected chi connectivity index (χ0v) is 14.8. The summed E-state index contributed by atoms with van der Waals surface area (Å²) in [6, 6.07) is 13.6. The summed E-state index contributed by atoms with van der Waals surface area (Å²) in [5.41, 5.74) is 2.61. The molecule has 136 valence electrons. The van der Waals surface area contributed by atoms with Crippen LogP contribution in [0.4, 0.5) is 10.5 Å². The first-order chi connectivity index (χ1) is 12.5. The Morgan fingerprint density at radius 3 is 2.38 bits per heavy atom. The summed E-state index contributed by atoms with van der Waals surface area (Å²) in [6.45, 7) is 3.89. The zero-order chi connectivity index (χ0) is 18.7. The maximum Gasteiger partial charge on any atom is 0.416 e. The second-order valence-corrected chi connectivity index (χ2v) is 6.49. The van der Waals surface area contributed by atoms with Crippen molar-refractivity contribution < 1.29 is 19.4 Å². The molecule has 6 heteroatoms. The van der Waals surface area contributed by atoms with Gasteiger partial charge in [-0.05, 0) is 37.1 Å². The summed E-state index contributed by atoms with van der Waals surface area (Å²) in [7, 11) is 0. The molecule has 2 aromatic carbocycles. The van der Waals surface area contributed by atoms with E-state index in [0.717, 1.165) is 16.8 Å². The third-order valence-corrected chi connectivity index (χ3v) is 4.49. The smallest absolute Gasteiger partial charge is 0.410 e. The number of anilines is 1. The first kappa shape index (κ1) is 17.9. The minimum Gasteiger partial charge on any atom is -0.410 e. The van der Waals surface area contributed by atoms with Crippen LogP contribution in [0.25, 0.3) is 0 Å². The van der Waals surface area contributed by atoms with Crippen LogP contribution in [-0.2, 0) is 4.79 Å². The standard InChI is InChI=1S/C20H22N2O4/c1-13-7-6-8-14(2)18(13)21-19(24)17-11-15(23)12-22(17)20(25)26-16-9-4-3-5-10-16/h3-10,15,17,23H,11-12H2,1-2H3,(H,21,24)/t15-,17+/m1/s1. The number of β-amino-alcohol motifs (C(OH)–C–C–N with tert-alkyl or cyclic N) is 1. The van der Waals surface area contributed by atoms with Gasteiger partial charge in [-0.1, -0.05) is 36.4 Å². The van der Waals surface area contributed by atoms with Crippen molar-refractivity contribution in [2.24, 2.45) is 0 Å². The summed E-state index contributed by atoms with van der Waals surface area (Å²) in [5.74, 6) is 0.0664. The van der Waals surface area contributed by atoms with Gasteiger partial charge in [0.1, 0.15) is 11.8 Å². The lowest BCUT2D eigenvalue weighted by atomic mass is 10.1. The normalized spacial score (nSPS) is 19.3. The van der Waals surface area contributed by atoms with E-state index >= 15 is 0 Å². The van der Waals surface area contributed by atoms with Crippen molar-refractivity contribution in [1.82, 2.24) is 4.90 Å². The van der Waals surface area contributed by atoms with Crippen LogP contribution in [0.3, 0.4) is 0 Å². The van der Waals surface area contributed by atoms with Gasteiger partial charge >= 0.3 is 6.09 Å². The lowest BCUT2D eigenvalue weighted by molar-refractivity contribution is -0.119. The highest BCUT2D eigenvalue weighted by atomic mass is 16.6. The molecule has 3 rings (SSSR count). The van der Waals surface area contributed by atoms with E-state index in [1.165, 1.54) is 4.90 Å². The zero-order valence-electron chi connectivity index (χ0n) is 14.8. The van der Waals surface area contributed by atoms with Crippen molar-refractivity contribution in [3.63, 3.8) is 0 Å². The van der Waals surface area contributed by atoms with E-state index in [4.69, 9.17) is 4.74 Å². The van der Waals surface area contributed by atoms with E-state index in [0.29, 0.717) is 5.75 Å². The minimum atomic E-state index is -0.778. The van der Waals surface area contributed by atoms with Crippen LogP contribution < -0.4 is 10.1 Å². The average Bonchev–Trinajstić information content (AvgIpc) is 3.01. The van der Waals surface area contributed by atoms with E-state index in [1.807, 2.05) is 38.1 Å². The largest absolute Gasteiger partial charge is 0.416 e. The third kappa shape index (κ3) is 3.86. The number of aliphatic hydroxyl groups is 1. The number of hydrogen-bond donors (Lipinski definition) is 2. The number of aliphatic hydroxyl groups excluding tert-OH is 1. The molecule has 6 nitrogen and oxygen atoms in total. The number of amides is 2. The van der Waals surface area contributed by atoms with Gasteiger partial charge in [0.25, 0.3) is 0 Å². The highest BCUT2D eigenvalue weighted by Gasteiger charge is 2.40. The number of likely N-dealkylation sites (tertiary alicyclic amines) is 1. The van der Waals surface area contributed by atoms with Crippen LogP contribution in [0, 0.1) is 13.8 Å². The molecule has 1 heterocycles. The molecular formula is C20H22N2O4. The third-order valence-electron chi connectivity index (χ3n) is 4.49. The number of carbonyl (C=O) groups excluding carboxylic acids is 2. The quantitative estimate of drug-likeness (QED) is 0.888. The maximum atomic E-state index is 12.8. The number of rotatable bonds is 3. The number of hydrogen-bond acceptors (Lipinski definition) is 4. The van der Waals surface area contributed by atoms with Crippen molar-refractivity contribution in [1.29, 1.82) is 0 Å². The van der Waals surface area contributed by atoms with Crippen molar-refractivity contribution in [3.8, 4) is 5.75 Å². The van der Waals surface area contributed by atoms with Crippen molar-refractivity contribution in [2.45, 2.75) is 32.4 Å². The predicted molar refractivity (Wildman–Crippen MR) is 98.1 cm³/mol. The van der Waals surface area contributed by atoms with Gasteiger partial charge in [0.05, 0.1) is 12.6 Å². The van der Waals surface area contributed by atoms with Gasteiger partial charge in [0.2, 0.25) is 5.91 Å². The topological polar surface area (TPSA) is 78.9 Å². The van der Waals surface area contributed by atoms with Gasteiger partial charge in [0.15, 0.2) is 0 Å². The summed E-state index contributed by atoms with van der Waals surface area (Å²) in [5, 5.41) is 12.9. The van der Waals surface area contributed by atoms with E-state index in [1.54, 1.807) is 24.3 Å². The Hall–Kier alpha value is -2.86. The lowest BCUT2D eigenvalue weighted by Gasteiger charge is -2.23. The first-order valence-corrected chi connectivity index (χ1v) is 8.54. The first-order valence-electron chi connectivity index (χ1n) is 8.54. The number of ether oxygens (including phenoxy) is 1. The number of benzene rings is 2. The van der Waals surface area contributed by atoms with Gasteiger partial charge < -0.3 is 15.2 Å². The number of carbonyl (C=O) groups is 2. The van der Waals surface area contributed by atoms with Gasteiger partial charge in [-0.25, -0.2) is 4.79 Å². The molecule has 1 aliphatic heterocycles. The Balaban J connectivity index is 1.74. The number of aryl methyl sites for hydroxylation is 2. The van der Waals surface area contributed by atoms with Crippen LogP contribution in [0.1, 0.15) is 17.5 Å². The van der Waals surface area contributed by atoms with Gasteiger partial charge in [-0.15, -0.1) is 0 Å². The van der Waals surface area contributed by atoms with Crippen molar-refractivity contribution >= 4 is 17.7 Å². The van der Waals surface area contributed by atoms with Crippen LogP contribution in [0.15, 0.2) is 48.5 Å². The van der Waals surface area contributed by atoms with Crippen LogP contribution in [0.5, 0.6) is 5.75 Å². The minimum absolute atomic E-state index is 0.0660. The second kappa shape index (κ2) is 7.58. The highest BCUT2D eigenvalue weighted by Crippen LogP contribution is 2.24. The molecule has 0 aliphatic carbocycles. The summed E-state index contributed by atoms with van der Waals surface area (Å²) in [4.78, 5) is 26.5. The molecule has 26 heavy (non-hydrogen) atoms. The predicted octanol–water partition coefficient (Wildman–Crippen LogP) is 2.88. The van der Waals surface area contributed by atoms with E-state index in [2.05, 4.69) is 5.32 Å². The molecule has 2 amide bonds. The van der Waals surface area contributed by atoms with Gasteiger partial charge in [-0.2, -0.15) is 0 Å². The molecular weight excluding hydrogens is 332 g/mol. The Labute approximate surface area is 152 Å². The SMILES string of the molecule is Cc1cccc(C)c1NC(=O)[C@@H]1C[C@@H](O)CN1C(=O)Oc1ccccc1. The molecule has 0 spiro atoms. The number of para-hydroxylation sites is 2. The molecule has 1 aliphatic rings. The van der Waals surface area contributed by atoms with E-state index < -0.39 is 18.2 Å². The summed E-state index contributed by atoms with van der Waals surface area (Å²) in [6.07, 6.45) is -1.22. The molecule has 0 bridgehead atoms. The Morgan fingerprint density at radius 1 is 1.08 bits per heavy atom. The molecule has 1 fully saturated rings. The summed E-state index contributed by atoms with van der Waals surface area (Å²) >= 11 is 0. The molecule has 2 aromatic rings. The van der Waals surface area contributed by atoms with Crippen molar-refractivity contribution in [3.05, 3.63) is 59.7 Å². The fraction of sp³-hybridized carbons (Fsp3) is 0.300. The van der Waals surface area contributed by atoms with Crippen LogP contribution >= 0.6 is 0 Å². The molecule has 0 radical (unpaired) electrons. The number of nitrogens with one attached hydrogen (secondary N) is 1. The molecule has 0 saturated carbocycles. The molecule has 0 aromatic heterocycles. The maximum absolute atomic E-state index is 12.8. The fourth-order valence-corrected chi connectivity index (χ4v) is 3.13. The fourth-order valence-electron chi connectivity index (χ4n) is 3.13. The molecule has 2 atom stereocenters. The van der Waals surface area contributed by atoms with Crippen LogP contribution in [0.2, 0.25) is 0 Å². The Kier molecular flexibility index (Phi) is 5.23. The monoisotopic (exact) mass is 354 g/mol. The molecule has 1 saturated heterocycles. The molecule has 0 unspecified atom stereocenters. The van der Waals surface area contributed by atoms with Gasteiger partial charge in [-0.3, -0.25) is 9.69 Å². The number of nitrogens with zero attached hydrogens (tertiary/aromatic N) is 1. The highest BCUT2D eigenvalue weighted by molar-refractivity contribution is 5.98. The average molecular weight is 354 g/mol. The van der Waals surface area contributed by atoms with E-state index in [-0.39, 0.29) is 18.9 Å². The second-order valence-electron chi connectivity index (χ2n) is 6.49. The van der Waals surface area contributed by atoms with E-state index in [9.17, 15) is 14.7 Å². The lowest BCUT2D eigenvalue weighted by Crippen LogP contribution is -2.44. The molecule has 2 N–H and O–H groups in total.